The highest BCUT2D eigenvalue weighted by Crippen LogP contribution is 2.22. The van der Waals surface area contributed by atoms with Crippen LogP contribution in [-0.4, -0.2) is 66.6 Å². The van der Waals surface area contributed by atoms with Gasteiger partial charge in [-0.2, -0.15) is 0 Å². The summed E-state index contributed by atoms with van der Waals surface area (Å²) in [5, 5.41) is 3.01. The van der Waals surface area contributed by atoms with E-state index in [-0.39, 0.29) is 5.91 Å². The normalized spacial score (nSPS) is 15.9. The van der Waals surface area contributed by atoms with Gasteiger partial charge in [0.1, 0.15) is 0 Å². The van der Waals surface area contributed by atoms with Crippen molar-refractivity contribution in [2.75, 3.05) is 46.3 Å². The van der Waals surface area contributed by atoms with Crippen LogP contribution in [-0.2, 0) is 4.79 Å². The number of aryl methyl sites for hydroxylation is 2. The van der Waals surface area contributed by atoms with Crippen molar-refractivity contribution in [3.63, 3.8) is 0 Å². The van der Waals surface area contributed by atoms with E-state index in [9.17, 15) is 4.79 Å². The van der Waals surface area contributed by atoms with E-state index in [4.69, 9.17) is 0 Å². The van der Waals surface area contributed by atoms with Gasteiger partial charge in [0.15, 0.2) is 0 Å². The molecule has 5 nitrogen and oxygen atoms in total. The summed E-state index contributed by atoms with van der Waals surface area (Å²) in [6.07, 6.45) is 4.56. The Hall–Kier alpha value is -2.37. The standard InChI is InChI=1S/C24H34N4O/c1-19-6-9-23(10-7-19)28-20(2)18-22(21(28)3)8-11-24(29)25-12-5-13-27-16-14-26(4)15-17-27/h6-11,18H,5,12-17H2,1-4H3,(H,25,29)/b11-8+. The van der Waals surface area contributed by atoms with Gasteiger partial charge in [-0.05, 0) is 70.6 Å². The number of rotatable bonds is 7. The van der Waals surface area contributed by atoms with Crippen LogP contribution in [0.2, 0.25) is 0 Å². The number of nitrogens with zero attached hydrogens (tertiary/aromatic N) is 3. The molecule has 29 heavy (non-hydrogen) atoms. The molecule has 0 bridgehead atoms. The molecule has 1 saturated heterocycles. The number of piperazine rings is 1. The average Bonchev–Trinajstić information content (AvgIpc) is 2.99. The van der Waals surface area contributed by atoms with Crippen molar-refractivity contribution in [1.29, 1.82) is 0 Å². The Morgan fingerprint density at radius 2 is 1.76 bits per heavy atom. The van der Waals surface area contributed by atoms with Crippen molar-refractivity contribution in [1.82, 2.24) is 19.7 Å². The highest BCUT2D eigenvalue weighted by Gasteiger charge is 2.13. The van der Waals surface area contributed by atoms with Crippen molar-refractivity contribution in [3.8, 4) is 5.69 Å². The molecule has 1 aromatic heterocycles. The Morgan fingerprint density at radius 1 is 1.07 bits per heavy atom. The predicted octanol–water partition coefficient (Wildman–Crippen LogP) is 3.17. The molecule has 0 saturated carbocycles. The lowest BCUT2D eigenvalue weighted by Gasteiger charge is -2.32. The SMILES string of the molecule is Cc1ccc(-n2c(C)cc(/C=C/C(=O)NCCCN3CCN(C)CC3)c2C)cc1. The highest BCUT2D eigenvalue weighted by molar-refractivity contribution is 5.91. The van der Waals surface area contributed by atoms with Crippen LogP contribution < -0.4 is 5.32 Å². The van der Waals surface area contributed by atoms with Gasteiger partial charge in [-0.15, -0.1) is 0 Å². The van der Waals surface area contributed by atoms with Gasteiger partial charge in [-0.25, -0.2) is 0 Å². The van der Waals surface area contributed by atoms with E-state index in [1.807, 2.05) is 6.08 Å². The molecule has 0 unspecified atom stereocenters. The van der Waals surface area contributed by atoms with E-state index in [1.165, 1.54) is 11.3 Å². The first-order valence-electron chi connectivity index (χ1n) is 10.6. The summed E-state index contributed by atoms with van der Waals surface area (Å²) in [5.74, 6) is -0.0245. The van der Waals surface area contributed by atoms with Crippen LogP contribution in [0.3, 0.4) is 0 Å². The molecule has 1 N–H and O–H groups in total. The molecule has 3 rings (SSSR count). The number of nitrogens with one attached hydrogen (secondary N) is 1. The molecule has 0 radical (unpaired) electrons. The second kappa shape index (κ2) is 9.90. The molecule has 0 aliphatic carbocycles. The first-order valence-corrected chi connectivity index (χ1v) is 10.6. The first-order chi connectivity index (χ1) is 13.9. The van der Waals surface area contributed by atoms with Crippen LogP contribution >= 0.6 is 0 Å². The summed E-state index contributed by atoms with van der Waals surface area (Å²) >= 11 is 0. The fourth-order valence-corrected chi connectivity index (χ4v) is 3.86. The Bertz CT molecular complexity index is 843. The van der Waals surface area contributed by atoms with Gasteiger partial charge >= 0.3 is 0 Å². The minimum absolute atomic E-state index is 0.0245. The summed E-state index contributed by atoms with van der Waals surface area (Å²) in [4.78, 5) is 17.0. The maximum atomic E-state index is 12.2. The molecule has 2 aromatic rings. The minimum Gasteiger partial charge on any atom is -0.353 e. The van der Waals surface area contributed by atoms with Crippen molar-refractivity contribution in [3.05, 3.63) is 58.9 Å². The zero-order valence-corrected chi connectivity index (χ0v) is 18.2. The molecular weight excluding hydrogens is 360 g/mol. The van der Waals surface area contributed by atoms with Crippen LogP contribution in [0.4, 0.5) is 0 Å². The van der Waals surface area contributed by atoms with Crippen molar-refractivity contribution in [2.24, 2.45) is 0 Å². The summed E-state index contributed by atoms with van der Waals surface area (Å²) in [7, 11) is 2.17. The van der Waals surface area contributed by atoms with Gasteiger partial charge < -0.3 is 19.7 Å². The smallest absolute Gasteiger partial charge is 0.244 e. The summed E-state index contributed by atoms with van der Waals surface area (Å²) in [5.41, 5.74) is 5.79. The largest absolute Gasteiger partial charge is 0.353 e. The lowest BCUT2D eigenvalue weighted by Crippen LogP contribution is -2.45. The molecule has 156 valence electrons. The summed E-state index contributed by atoms with van der Waals surface area (Å²) in [6, 6.07) is 10.6. The summed E-state index contributed by atoms with van der Waals surface area (Å²) in [6.45, 7) is 12.6. The fourth-order valence-electron chi connectivity index (χ4n) is 3.86. The highest BCUT2D eigenvalue weighted by atomic mass is 16.1. The van der Waals surface area contributed by atoms with Crippen LogP contribution in [0.5, 0.6) is 0 Å². The third-order valence-electron chi connectivity index (χ3n) is 5.72. The molecule has 2 heterocycles. The fraction of sp³-hybridized carbons (Fsp3) is 0.458. The third kappa shape index (κ3) is 5.81. The second-order valence-corrected chi connectivity index (χ2v) is 8.12. The first kappa shape index (κ1) is 21.3. The van der Waals surface area contributed by atoms with Gasteiger partial charge in [-0.1, -0.05) is 17.7 Å². The van der Waals surface area contributed by atoms with Crippen molar-refractivity contribution in [2.45, 2.75) is 27.2 Å². The van der Waals surface area contributed by atoms with Gasteiger partial charge in [0.05, 0.1) is 0 Å². The Labute approximate surface area is 175 Å². The second-order valence-electron chi connectivity index (χ2n) is 8.12. The molecule has 0 atom stereocenters. The quantitative estimate of drug-likeness (QED) is 0.579. The number of hydrogen-bond donors (Lipinski definition) is 1. The number of aromatic nitrogens is 1. The van der Waals surface area contributed by atoms with E-state index >= 15 is 0 Å². The molecule has 1 aliphatic rings. The zero-order valence-electron chi connectivity index (χ0n) is 18.2. The Balaban J connectivity index is 1.50. The topological polar surface area (TPSA) is 40.5 Å². The van der Waals surface area contributed by atoms with Gasteiger partial charge in [0, 0.05) is 55.9 Å². The molecule has 1 aliphatic heterocycles. The van der Waals surface area contributed by atoms with Crippen LogP contribution in [0, 0.1) is 20.8 Å². The van der Waals surface area contributed by atoms with E-state index in [2.05, 4.69) is 77.8 Å². The Morgan fingerprint density at radius 3 is 2.45 bits per heavy atom. The Kier molecular flexibility index (Phi) is 7.29. The van der Waals surface area contributed by atoms with Crippen LogP contribution in [0.1, 0.15) is 28.9 Å². The van der Waals surface area contributed by atoms with Gasteiger partial charge in [-0.3, -0.25) is 4.79 Å². The van der Waals surface area contributed by atoms with Crippen molar-refractivity contribution < 1.29 is 4.79 Å². The number of hydrogen-bond acceptors (Lipinski definition) is 3. The molecule has 5 heteroatoms. The van der Waals surface area contributed by atoms with Crippen LogP contribution in [0.25, 0.3) is 11.8 Å². The number of amides is 1. The van der Waals surface area contributed by atoms with Crippen LogP contribution in [0.15, 0.2) is 36.4 Å². The minimum atomic E-state index is -0.0245. The van der Waals surface area contributed by atoms with Gasteiger partial charge in [0.25, 0.3) is 0 Å². The maximum Gasteiger partial charge on any atom is 0.244 e. The van der Waals surface area contributed by atoms with Gasteiger partial charge in [0.2, 0.25) is 5.91 Å². The monoisotopic (exact) mass is 394 g/mol. The molecule has 0 spiro atoms. The number of carbonyl (C=O) groups excluding carboxylic acids is 1. The molecule has 1 fully saturated rings. The van der Waals surface area contributed by atoms with Crippen molar-refractivity contribution >= 4 is 12.0 Å². The lowest BCUT2D eigenvalue weighted by atomic mass is 10.2. The average molecular weight is 395 g/mol. The predicted molar refractivity (Wildman–Crippen MR) is 121 cm³/mol. The zero-order chi connectivity index (χ0) is 20.8. The molecular formula is C24H34N4O. The molecule has 1 amide bonds. The number of benzene rings is 1. The van der Waals surface area contributed by atoms with E-state index in [0.717, 1.165) is 62.6 Å². The maximum absolute atomic E-state index is 12.2. The van der Waals surface area contributed by atoms with E-state index in [1.54, 1.807) is 6.08 Å². The number of likely N-dealkylation sites (N-methyl/N-ethyl adjacent to an activating group) is 1. The van der Waals surface area contributed by atoms with E-state index in [0.29, 0.717) is 0 Å². The third-order valence-corrected chi connectivity index (χ3v) is 5.72. The summed E-state index contributed by atoms with van der Waals surface area (Å²) < 4.78 is 2.23. The van der Waals surface area contributed by atoms with E-state index < -0.39 is 0 Å². The lowest BCUT2D eigenvalue weighted by molar-refractivity contribution is -0.116. The molecule has 1 aromatic carbocycles. The number of carbonyl (C=O) groups is 1.